The van der Waals surface area contributed by atoms with E-state index in [0.717, 1.165) is 5.56 Å². The van der Waals surface area contributed by atoms with Gasteiger partial charge in [-0.15, -0.1) is 0 Å². The summed E-state index contributed by atoms with van der Waals surface area (Å²) in [6, 6.07) is 4.10. The van der Waals surface area contributed by atoms with Gasteiger partial charge in [-0.1, -0.05) is 18.2 Å². The van der Waals surface area contributed by atoms with Crippen LogP contribution in [0, 0.1) is 0 Å². The third-order valence-electron chi connectivity index (χ3n) is 4.86. The molecule has 0 aromatic heterocycles. The van der Waals surface area contributed by atoms with Gasteiger partial charge >= 0.3 is 17.9 Å². The predicted molar refractivity (Wildman–Crippen MR) is 122 cm³/mol. The lowest BCUT2D eigenvalue weighted by molar-refractivity contribution is -0.257. The summed E-state index contributed by atoms with van der Waals surface area (Å²) in [5, 5.41) is 2.65. The Morgan fingerprint density at radius 3 is 2.17 bits per heavy atom. The number of esters is 3. The summed E-state index contributed by atoms with van der Waals surface area (Å²) in [6.45, 7) is 6.36. The maximum Gasteiger partial charge on any atom is 0.303 e. The van der Waals surface area contributed by atoms with Gasteiger partial charge in [-0.3, -0.25) is 19.2 Å². The standard InChI is InChI=1S/C24H31NO10/c1-7-8-17-9-10-18(19(11-17)30-6)34-24-21(25-13(2)26)23(33-16(5)29)22(32-15(4)28)20(35-24)12-31-14(3)27/h7-11,20-24H,12H2,1-6H3,(H,25,26)/b8-7+/t20-,21+,22+,23-,24+/m0/s1. The molecule has 0 radical (unpaired) electrons. The maximum absolute atomic E-state index is 12.0. The highest BCUT2D eigenvalue weighted by Gasteiger charge is 2.52. The van der Waals surface area contributed by atoms with Gasteiger partial charge in [0.05, 0.1) is 7.11 Å². The topological polar surface area (TPSA) is 136 Å². The third kappa shape index (κ3) is 7.99. The van der Waals surface area contributed by atoms with E-state index in [-0.39, 0.29) is 12.4 Å². The first-order chi connectivity index (χ1) is 16.5. The van der Waals surface area contributed by atoms with E-state index in [1.807, 2.05) is 19.1 Å². The summed E-state index contributed by atoms with van der Waals surface area (Å²) in [7, 11) is 1.47. The molecule has 1 aromatic rings. The van der Waals surface area contributed by atoms with Gasteiger partial charge in [0.15, 0.2) is 23.7 Å². The molecule has 1 heterocycles. The second-order valence-electron chi connectivity index (χ2n) is 7.75. The summed E-state index contributed by atoms with van der Waals surface area (Å²) in [6.07, 6.45) is -0.990. The monoisotopic (exact) mass is 493 g/mol. The molecule has 1 aromatic carbocycles. The number of carbonyl (C=O) groups excluding carboxylic acids is 4. The van der Waals surface area contributed by atoms with Crippen molar-refractivity contribution in [2.45, 2.75) is 65.3 Å². The number of hydrogen-bond donors (Lipinski definition) is 1. The lowest BCUT2D eigenvalue weighted by atomic mass is 9.96. The van der Waals surface area contributed by atoms with Crippen LogP contribution in [-0.2, 0) is 38.1 Å². The van der Waals surface area contributed by atoms with Crippen molar-refractivity contribution in [1.82, 2.24) is 5.32 Å². The van der Waals surface area contributed by atoms with E-state index in [2.05, 4.69) is 5.32 Å². The molecule has 1 fully saturated rings. The van der Waals surface area contributed by atoms with Gasteiger partial charge in [-0.2, -0.15) is 0 Å². The van der Waals surface area contributed by atoms with Crippen LogP contribution in [0.2, 0.25) is 0 Å². The molecule has 5 atom stereocenters. The fourth-order valence-electron chi connectivity index (χ4n) is 3.59. The van der Waals surface area contributed by atoms with Crippen molar-refractivity contribution in [3.8, 4) is 11.5 Å². The Bertz CT molecular complexity index is 960. The molecule has 2 rings (SSSR count). The predicted octanol–water partition coefficient (Wildman–Crippen LogP) is 1.76. The molecule has 0 spiro atoms. The maximum atomic E-state index is 12.0. The zero-order valence-corrected chi connectivity index (χ0v) is 20.6. The molecule has 0 aliphatic carbocycles. The van der Waals surface area contributed by atoms with Gasteiger partial charge in [-0.05, 0) is 24.6 Å². The van der Waals surface area contributed by atoms with E-state index in [4.69, 9.17) is 28.4 Å². The molecule has 1 N–H and O–H groups in total. The fraction of sp³-hybridized carbons (Fsp3) is 0.500. The van der Waals surface area contributed by atoms with Gasteiger partial charge < -0.3 is 33.7 Å². The molecule has 1 saturated heterocycles. The first-order valence-corrected chi connectivity index (χ1v) is 10.9. The smallest absolute Gasteiger partial charge is 0.303 e. The highest BCUT2D eigenvalue weighted by atomic mass is 16.7. The number of methoxy groups -OCH3 is 1. The first kappa shape index (κ1) is 27.6. The van der Waals surface area contributed by atoms with Crippen LogP contribution in [0.1, 0.15) is 40.2 Å². The van der Waals surface area contributed by atoms with E-state index in [9.17, 15) is 19.2 Å². The van der Waals surface area contributed by atoms with Crippen molar-refractivity contribution in [2.75, 3.05) is 13.7 Å². The Morgan fingerprint density at radius 1 is 0.971 bits per heavy atom. The number of amides is 1. The minimum Gasteiger partial charge on any atom is -0.493 e. The van der Waals surface area contributed by atoms with Crippen molar-refractivity contribution in [1.29, 1.82) is 0 Å². The van der Waals surface area contributed by atoms with Crippen molar-refractivity contribution in [2.24, 2.45) is 0 Å². The Labute approximate surface area is 203 Å². The number of carbonyl (C=O) groups is 4. The molecular weight excluding hydrogens is 462 g/mol. The van der Waals surface area contributed by atoms with Crippen molar-refractivity contribution < 1.29 is 47.6 Å². The SMILES string of the molecule is C/C=C/c1ccc(O[C@@H]2O[C@@H](COC(C)=O)[C@@H](OC(C)=O)[C@@H](OC(C)=O)[C@H]2NC(C)=O)c(OC)c1. The fourth-order valence-corrected chi connectivity index (χ4v) is 3.59. The van der Waals surface area contributed by atoms with Crippen LogP contribution in [0.5, 0.6) is 11.5 Å². The highest BCUT2D eigenvalue weighted by Crippen LogP contribution is 2.34. The van der Waals surface area contributed by atoms with Crippen LogP contribution in [0.25, 0.3) is 6.08 Å². The largest absolute Gasteiger partial charge is 0.493 e. The quantitative estimate of drug-likeness (QED) is 0.400. The lowest BCUT2D eigenvalue weighted by Gasteiger charge is -2.44. The Morgan fingerprint density at radius 2 is 1.63 bits per heavy atom. The molecule has 1 aliphatic heterocycles. The first-order valence-electron chi connectivity index (χ1n) is 10.9. The molecule has 0 unspecified atom stereocenters. The molecule has 0 bridgehead atoms. The summed E-state index contributed by atoms with van der Waals surface area (Å²) in [5.41, 5.74) is 0.861. The summed E-state index contributed by atoms with van der Waals surface area (Å²) >= 11 is 0. The summed E-state index contributed by atoms with van der Waals surface area (Å²) in [5.74, 6) is -1.79. The van der Waals surface area contributed by atoms with Crippen molar-refractivity contribution >= 4 is 29.9 Å². The van der Waals surface area contributed by atoms with Crippen LogP contribution < -0.4 is 14.8 Å². The number of rotatable bonds is 9. The molecule has 11 heteroatoms. The van der Waals surface area contributed by atoms with Gasteiger partial charge in [-0.25, -0.2) is 0 Å². The van der Waals surface area contributed by atoms with Crippen molar-refractivity contribution in [3.63, 3.8) is 0 Å². The summed E-state index contributed by atoms with van der Waals surface area (Å²) in [4.78, 5) is 47.3. The highest BCUT2D eigenvalue weighted by molar-refractivity contribution is 5.73. The van der Waals surface area contributed by atoms with Gasteiger partial charge in [0.1, 0.15) is 18.8 Å². The molecule has 11 nitrogen and oxygen atoms in total. The second-order valence-corrected chi connectivity index (χ2v) is 7.75. The zero-order valence-electron chi connectivity index (χ0n) is 20.6. The van der Waals surface area contributed by atoms with Crippen LogP contribution >= 0.6 is 0 Å². The number of benzene rings is 1. The third-order valence-corrected chi connectivity index (χ3v) is 4.86. The molecular formula is C24H31NO10. The molecule has 0 saturated carbocycles. The van der Waals surface area contributed by atoms with E-state index in [1.54, 1.807) is 18.2 Å². The minimum atomic E-state index is -1.24. The molecule has 192 valence electrons. The van der Waals surface area contributed by atoms with Gasteiger partial charge in [0.2, 0.25) is 12.2 Å². The number of hydrogen-bond acceptors (Lipinski definition) is 10. The van der Waals surface area contributed by atoms with Gasteiger partial charge in [0, 0.05) is 27.7 Å². The van der Waals surface area contributed by atoms with E-state index in [0.29, 0.717) is 5.75 Å². The minimum absolute atomic E-state index is 0.278. The van der Waals surface area contributed by atoms with Crippen molar-refractivity contribution in [3.05, 3.63) is 29.8 Å². The van der Waals surface area contributed by atoms with E-state index in [1.165, 1.54) is 34.8 Å². The zero-order chi connectivity index (χ0) is 26.1. The van der Waals surface area contributed by atoms with Crippen LogP contribution in [0.3, 0.4) is 0 Å². The Hall–Kier alpha value is -3.60. The molecule has 1 amide bonds. The van der Waals surface area contributed by atoms with E-state index < -0.39 is 54.5 Å². The Balaban J connectivity index is 2.51. The number of allylic oxidation sites excluding steroid dienone is 1. The average Bonchev–Trinajstić information content (AvgIpc) is 2.76. The number of nitrogens with one attached hydrogen (secondary N) is 1. The normalized spacial score (nSPS) is 23.8. The van der Waals surface area contributed by atoms with Gasteiger partial charge in [0.25, 0.3) is 0 Å². The summed E-state index contributed by atoms with van der Waals surface area (Å²) < 4.78 is 33.4. The van der Waals surface area contributed by atoms with Crippen LogP contribution in [0.15, 0.2) is 24.3 Å². The van der Waals surface area contributed by atoms with Crippen LogP contribution in [0.4, 0.5) is 0 Å². The Kier molecular flexibility index (Phi) is 10.1. The van der Waals surface area contributed by atoms with Crippen LogP contribution in [-0.4, -0.2) is 68.2 Å². The molecule has 1 aliphatic rings. The van der Waals surface area contributed by atoms with E-state index >= 15 is 0 Å². The second kappa shape index (κ2) is 12.7. The average molecular weight is 494 g/mol. The number of ether oxygens (including phenoxy) is 6. The molecule has 35 heavy (non-hydrogen) atoms. The lowest BCUT2D eigenvalue weighted by Crippen LogP contribution is -2.67.